The first-order chi connectivity index (χ1) is 10.0. The fourth-order valence-electron chi connectivity index (χ4n) is 1.90. The highest BCUT2D eigenvalue weighted by atomic mass is 16.4. The van der Waals surface area contributed by atoms with Crippen LogP contribution in [0.2, 0.25) is 0 Å². The standard InChI is InChI=1S/C13H13N3O5/c17-6-5-9(13(20)21)14-12(19)10-7-3-1-2-4-8(7)11(18)16-15-10/h1-4,9,17H,5-6H2,(H,14,19)(H,16,18)(H,20,21)/t9-/m0/s1. The van der Waals surface area contributed by atoms with Gasteiger partial charge in [-0.1, -0.05) is 18.2 Å². The summed E-state index contributed by atoms with van der Waals surface area (Å²) in [4.78, 5) is 34.7. The van der Waals surface area contributed by atoms with Crippen LogP contribution < -0.4 is 10.9 Å². The molecule has 4 N–H and O–H groups in total. The van der Waals surface area contributed by atoms with Crippen LogP contribution in [0.5, 0.6) is 0 Å². The van der Waals surface area contributed by atoms with Crippen molar-refractivity contribution in [3.63, 3.8) is 0 Å². The number of aliphatic hydroxyl groups is 1. The summed E-state index contributed by atoms with van der Waals surface area (Å²) in [6.45, 7) is -0.378. The number of rotatable bonds is 5. The van der Waals surface area contributed by atoms with Gasteiger partial charge >= 0.3 is 5.97 Å². The van der Waals surface area contributed by atoms with Crippen LogP contribution >= 0.6 is 0 Å². The quantitative estimate of drug-likeness (QED) is 0.586. The Bertz CT molecular complexity index is 740. The van der Waals surface area contributed by atoms with Crippen molar-refractivity contribution in [1.29, 1.82) is 0 Å². The minimum atomic E-state index is -1.26. The molecule has 21 heavy (non-hydrogen) atoms. The van der Waals surface area contributed by atoms with E-state index in [1.807, 2.05) is 0 Å². The molecular formula is C13H13N3O5. The van der Waals surface area contributed by atoms with Gasteiger partial charge in [0.25, 0.3) is 11.5 Å². The summed E-state index contributed by atoms with van der Waals surface area (Å²) in [6.07, 6.45) is -0.123. The van der Waals surface area contributed by atoms with E-state index in [2.05, 4.69) is 15.5 Å². The van der Waals surface area contributed by atoms with Gasteiger partial charge in [-0.05, 0) is 6.07 Å². The molecule has 1 atom stereocenters. The molecule has 110 valence electrons. The summed E-state index contributed by atoms with van der Waals surface area (Å²) in [5.41, 5.74) is -0.512. The largest absolute Gasteiger partial charge is 0.480 e. The van der Waals surface area contributed by atoms with Crippen LogP contribution in [0.4, 0.5) is 0 Å². The van der Waals surface area contributed by atoms with E-state index in [9.17, 15) is 14.4 Å². The molecule has 0 saturated heterocycles. The van der Waals surface area contributed by atoms with Crippen molar-refractivity contribution in [2.24, 2.45) is 0 Å². The maximum absolute atomic E-state index is 12.1. The zero-order valence-electron chi connectivity index (χ0n) is 10.9. The summed E-state index contributed by atoms with van der Waals surface area (Å²) in [7, 11) is 0. The highest BCUT2D eigenvalue weighted by Crippen LogP contribution is 2.12. The van der Waals surface area contributed by atoms with Crippen molar-refractivity contribution in [3.8, 4) is 0 Å². The minimum Gasteiger partial charge on any atom is -0.480 e. The Hall–Kier alpha value is -2.74. The molecule has 1 aromatic carbocycles. The number of amides is 1. The molecule has 8 nitrogen and oxygen atoms in total. The molecule has 0 aliphatic rings. The number of carboxylic acid groups (broad SMARTS) is 1. The second-order valence-electron chi connectivity index (χ2n) is 4.32. The fraction of sp³-hybridized carbons (Fsp3) is 0.231. The van der Waals surface area contributed by atoms with Crippen molar-refractivity contribution >= 4 is 22.6 Å². The van der Waals surface area contributed by atoms with E-state index in [4.69, 9.17) is 10.2 Å². The Balaban J connectivity index is 2.38. The molecule has 0 bridgehead atoms. The van der Waals surface area contributed by atoms with E-state index in [-0.39, 0.29) is 24.1 Å². The molecule has 1 heterocycles. The number of aliphatic hydroxyl groups excluding tert-OH is 1. The van der Waals surface area contributed by atoms with E-state index in [0.29, 0.717) is 5.39 Å². The van der Waals surface area contributed by atoms with Crippen molar-refractivity contribution in [2.75, 3.05) is 6.61 Å². The van der Waals surface area contributed by atoms with Crippen LogP contribution in [0.25, 0.3) is 10.8 Å². The Kier molecular flexibility index (Phi) is 4.29. The number of H-pyrrole nitrogens is 1. The van der Waals surface area contributed by atoms with Gasteiger partial charge in [0.15, 0.2) is 5.69 Å². The predicted molar refractivity (Wildman–Crippen MR) is 73.0 cm³/mol. The molecule has 8 heteroatoms. The first kappa shape index (κ1) is 14.7. The first-order valence-corrected chi connectivity index (χ1v) is 6.16. The third kappa shape index (κ3) is 3.06. The van der Waals surface area contributed by atoms with Crippen LogP contribution in [0.3, 0.4) is 0 Å². The first-order valence-electron chi connectivity index (χ1n) is 6.16. The van der Waals surface area contributed by atoms with Crippen LogP contribution in [0.15, 0.2) is 29.1 Å². The summed E-state index contributed by atoms with van der Waals surface area (Å²) in [5, 5.41) is 26.5. The zero-order valence-corrected chi connectivity index (χ0v) is 10.9. The smallest absolute Gasteiger partial charge is 0.326 e. The van der Waals surface area contributed by atoms with Crippen LogP contribution in [0, 0.1) is 0 Å². The lowest BCUT2D eigenvalue weighted by atomic mass is 10.1. The predicted octanol–water partition coefficient (Wildman–Crippen LogP) is -0.511. The van der Waals surface area contributed by atoms with Gasteiger partial charge in [0, 0.05) is 18.4 Å². The molecule has 1 amide bonds. The molecule has 1 aromatic heterocycles. The second kappa shape index (κ2) is 6.14. The Morgan fingerprint density at radius 2 is 1.95 bits per heavy atom. The van der Waals surface area contributed by atoms with Crippen LogP contribution in [0.1, 0.15) is 16.9 Å². The highest BCUT2D eigenvalue weighted by molar-refractivity contribution is 6.05. The SMILES string of the molecule is O=C(N[C@@H](CCO)C(=O)O)c1n[nH]c(=O)c2ccccc12. The molecular weight excluding hydrogens is 278 g/mol. The second-order valence-corrected chi connectivity index (χ2v) is 4.32. The number of carbonyl (C=O) groups is 2. The van der Waals surface area contributed by atoms with Gasteiger partial charge in [-0.25, -0.2) is 9.89 Å². The van der Waals surface area contributed by atoms with Crippen LogP contribution in [-0.4, -0.2) is 44.9 Å². The monoisotopic (exact) mass is 291 g/mol. The molecule has 0 unspecified atom stereocenters. The number of aromatic amines is 1. The minimum absolute atomic E-state index is 0.0746. The number of nitrogens with one attached hydrogen (secondary N) is 2. The third-order valence-electron chi connectivity index (χ3n) is 2.93. The van der Waals surface area contributed by atoms with Gasteiger partial charge in [-0.3, -0.25) is 9.59 Å². The molecule has 0 fully saturated rings. The van der Waals surface area contributed by atoms with Crippen molar-refractivity contribution in [1.82, 2.24) is 15.5 Å². The van der Waals surface area contributed by atoms with Gasteiger partial charge in [0.2, 0.25) is 0 Å². The number of carbonyl (C=O) groups excluding carboxylic acids is 1. The maximum atomic E-state index is 12.1. The topological polar surface area (TPSA) is 132 Å². The van der Waals surface area contributed by atoms with Gasteiger partial charge in [-0.15, -0.1) is 0 Å². The van der Waals surface area contributed by atoms with E-state index < -0.39 is 23.5 Å². The molecule has 0 spiro atoms. The summed E-state index contributed by atoms with van der Waals surface area (Å²) in [6, 6.07) is 5.15. The third-order valence-corrected chi connectivity index (χ3v) is 2.93. The van der Waals surface area contributed by atoms with Crippen molar-refractivity contribution in [3.05, 3.63) is 40.3 Å². The molecule has 0 aliphatic heterocycles. The van der Waals surface area contributed by atoms with E-state index in [0.717, 1.165) is 0 Å². The molecule has 2 rings (SSSR count). The Labute approximate surface area is 118 Å². The fourth-order valence-corrected chi connectivity index (χ4v) is 1.90. The van der Waals surface area contributed by atoms with Crippen LogP contribution in [-0.2, 0) is 4.79 Å². The Morgan fingerprint density at radius 1 is 1.29 bits per heavy atom. The average molecular weight is 291 g/mol. The lowest BCUT2D eigenvalue weighted by Crippen LogP contribution is -2.42. The highest BCUT2D eigenvalue weighted by Gasteiger charge is 2.22. The number of hydrogen-bond acceptors (Lipinski definition) is 5. The van der Waals surface area contributed by atoms with Crippen molar-refractivity contribution in [2.45, 2.75) is 12.5 Å². The number of aliphatic carboxylic acids is 1. The number of benzene rings is 1. The van der Waals surface area contributed by atoms with Gasteiger partial charge in [0.1, 0.15) is 6.04 Å². The molecule has 0 saturated carbocycles. The van der Waals surface area contributed by atoms with E-state index in [1.165, 1.54) is 6.07 Å². The van der Waals surface area contributed by atoms with Gasteiger partial charge in [0.05, 0.1) is 5.39 Å². The van der Waals surface area contributed by atoms with E-state index >= 15 is 0 Å². The maximum Gasteiger partial charge on any atom is 0.326 e. The lowest BCUT2D eigenvalue weighted by molar-refractivity contribution is -0.139. The number of fused-ring (bicyclic) bond motifs is 1. The van der Waals surface area contributed by atoms with E-state index in [1.54, 1.807) is 18.2 Å². The molecule has 0 aliphatic carbocycles. The number of aromatic nitrogens is 2. The number of nitrogens with zero attached hydrogens (tertiary/aromatic N) is 1. The average Bonchev–Trinajstić information content (AvgIpc) is 2.47. The molecule has 2 aromatic rings. The van der Waals surface area contributed by atoms with Gasteiger partial charge in [-0.2, -0.15) is 5.10 Å². The van der Waals surface area contributed by atoms with Gasteiger partial charge < -0.3 is 15.5 Å². The lowest BCUT2D eigenvalue weighted by Gasteiger charge is -2.13. The Morgan fingerprint density at radius 3 is 2.57 bits per heavy atom. The summed E-state index contributed by atoms with van der Waals surface area (Å²) < 4.78 is 0. The zero-order chi connectivity index (χ0) is 15.4. The molecule has 0 radical (unpaired) electrons. The number of hydrogen-bond donors (Lipinski definition) is 4. The summed E-state index contributed by atoms with van der Waals surface area (Å²) >= 11 is 0. The van der Waals surface area contributed by atoms with Crippen molar-refractivity contribution < 1.29 is 19.8 Å². The summed E-state index contributed by atoms with van der Waals surface area (Å²) in [5.74, 6) is -1.99. The normalized spacial score (nSPS) is 12.0. The number of carboxylic acids is 1.